The SMILES string of the molecule is CCCNC(=NC)NCC(C(CC)CC)N1CCCC1.I. The van der Waals surface area contributed by atoms with Gasteiger partial charge in [-0.2, -0.15) is 0 Å². The molecule has 126 valence electrons. The summed E-state index contributed by atoms with van der Waals surface area (Å²) < 4.78 is 0. The van der Waals surface area contributed by atoms with Crippen LogP contribution in [0.25, 0.3) is 0 Å². The van der Waals surface area contributed by atoms with Crippen LogP contribution in [-0.2, 0) is 0 Å². The largest absolute Gasteiger partial charge is 0.356 e. The molecular weight excluding hydrogens is 375 g/mol. The van der Waals surface area contributed by atoms with Gasteiger partial charge in [-0.15, -0.1) is 24.0 Å². The molecule has 21 heavy (non-hydrogen) atoms. The molecule has 2 N–H and O–H groups in total. The minimum absolute atomic E-state index is 0. The van der Waals surface area contributed by atoms with E-state index in [0.29, 0.717) is 6.04 Å². The highest BCUT2D eigenvalue weighted by Crippen LogP contribution is 2.22. The fraction of sp³-hybridized carbons (Fsp3) is 0.938. The second-order valence-corrected chi connectivity index (χ2v) is 5.77. The summed E-state index contributed by atoms with van der Waals surface area (Å²) in [6.07, 6.45) is 6.38. The van der Waals surface area contributed by atoms with Crippen LogP contribution in [0.1, 0.15) is 52.9 Å². The minimum atomic E-state index is 0. The Balaban J connectivity index is 0.00000400. The number of nitrogens with one attached hydrogen (secondary N) is 2. The van der Waals surface area contributed by atoms with E-state index in [1.165, 1.54) is 38.8 Å². The fourth-order valence-electron chi connectivity index (χ4n) is 3.17. The Hall–Kier alpha value is -0.0400. The first-order valence-electron chi connectivity index (χ1n) is 8.45. The van der Waals surface area contributed by atoms with Crippen molar-refractivity contribution in [1.29, 1.82) is 0 Å². The van der Waals surface area contributed by atoms with Crippen LogP contribution in [0.5, 0.6) is 0 Å². The summed E-state index contributed by atoms with van der Waals surface area (Å²) in [4.78, 5) is 6.99. The van der Waals surface area contributed by atoms with Crippen molar-refractivity contribution >= 4 is 29.9 Å². The third kappa shape index (κ3) is 7.17. The summed E-state index contributed by atoms with van der Waals surface area (Å²) in [7, 11) is 1.85. The summed E-state index contributed by atoms with van der Waals surface area (Å²) in [5.74, 6) is 1.73. The molecule has 1 aliphatic rings. The van der Waals surface area contributed by atoms with Crippen LogP contribution in [-0.4, -0.2) is 50.1 Å². The third-order valence-electron chi connectivity index (χ3n) is 4.45. The Morgan fingerprint density at radius 1 is 1.10 bits per heavy atom. The molecule has 0 aromatic carbocycles. The molecule has 1 fully saturated rings. The summed E-state index contributed by atoms with van der Waals surface area (Å²) >= 11 is 0. The predicted molar refractivity (Wildman–Crippen MR) is 104 cm³/mol. The van der Waals surface area contributed by atoms with Gasteiger partial charge in [0.15, 0.2) is 5.96 Å². The Bertz CT molecular complexity index is 271. The van der Waals surface area contributed by atoms with E-state index in [-0.39, 0.29) is 24.0 Å². The average molecular weight is 410 g/mol. The lowest BCUT2D eigenvalue weighted by molar-refractivity contribution is 0.167. The molecule has 4 nitrogen and oxygen atoms in total. The van der Waals surface area contributed by atoms with E-state index in [0.717, 1.165) is 31.4 Å². The first-order chi connectivity index (χ1) is 9.76. The summed E-state index contributed by atoms with van der Waals surface area (Å²) in [6, 6.07) is 0.646. The normalized spacial score (nSPS) is 17.7. The number of hydrogen-bond acceptors (Lipinski definition) is 2. The number of likely N-dealkylation sites (tertiary alicyclic amines) is 1. The van der Waals surface area contributed by atoms with Gasteiger partial charge in [-0.25, -0.2) is 0 Å². The highest BCUT2D eigenvalue weighted by molar-refractivity contribution is 14.0. The van der Waals surface area contributed by atoms with Crippen molar-refractivity contribution < 1.29 is 0 Å². The van der Waals surface area contributed by atoms with Crippen LogP contribution in [0.2, 0.25) is 0 Å². The second kappa shape index (κ2) is 12.5. The van der Waals surface area contributed by atoms with Gasteiger partial charge in [0, 0.05) is 26.2 Å². The number of aliphatic imine (C=N–C) groups is 1. The standard InChI is InChI=1S/C16H34N4.HI/c1-5-10-18-16(17-4)19-13-15(14(6-2)7-3)20-11-8-9-12-20;/h14-15H,5-13H2,1-4H3,(H2,17,18,19);1H. The molecule has 0 radical (unpaired) electrons. The molecule has 0 aromatic heterocycles. The number of guanidine groups is 1. The van der Waals surface area contributed by atoms with E-state index in [4.69, 9.17) is 0 Å². The molecule has 0 spiro atoms. The van der Waals surface area contributed by atoms with Crippen molar-refractivity contribution in [2.24, 2.45) is 10.9 Å². The van der Waals surface area contributed by atoms with Crippen LogP contribution in [0, 0.1) is 5.92 Å². The topological polar surface area (TPSA) is 39.7 Å². The lowest BCUT2D eigenvalue weighted by Gasteiger charge is -2.34. The zero-order chi connectivity index (χ0) is 14.8. The van der Waals surface area contributed by atoms with E-state index in [2.05, 4.69) is 41.3 Å². The van der Waals surface area contributed by atoms with Crippen LogP contribution in [0.3, 0.4) is 0 Å². The van der Waals surface area contributed by atoms with Gasteiger partial charge in [-0.1, -0.05) is 33.6 Å². The van der Waals surface area contributed by atoms with Gasteiger partial charge in [-0.3, -0.25) is 9.89 Å². The van der Waals surface area contributed by atoms with Crippen LogP contribution < -0.4 is 10.6 Å². The lowest BCUT2D eigenvalue weighted by atomic mass is 9.93. The number of nitrogens with zero attached hydrogens (tertiary/aromatic N) is 2. The fourth-order valence-corrected chi connectivity index (χ4v) is 3.17. The minimum Gasteiger partial charge on any atom is -0.356 e. The summed E-state index contributed by atoms with van der Waals surface area (Å²) in [5, 5.41) is 6.89. The van der Waals surface area contributed by atoms with Crippen molar-refractivity contribution in [2.75, 3.05) is 33.2 Å². The van der Waals surface area contributed by atoms with Gasteiger partial charge in [0.25, 0.3) is 0 Å². The van der Waals surface area contributed by atoms with Crippen molar-refractivity contribution in [3.63, 3.8) is 0 Å². The van der Waals surface area contributed by atoms with E-state index in [1.807, 2.05) is 7.05 Å². The van der Waals surface area contributed by atoms with E-state index in [1.54, 1.807) is 0 Å². The first-order valence-corrected chi connectivity index (χ1v) is 8.45. The van der Waals surface area contributed by atoms with E-state index >= 15 is 0 Å². The van der Waals surface area contributed by atoms with Crippen molar-refractivity contribution in [1.82, 2.24) is 15.5 Å². The van der Waals surface area contributed by atoms with Gasteiger partial charge in [0.05, 0.1) is 0 Å². The molecular formula is C16H35IN4. The van der Waals surface area contributed by atoms with Crippen LogP contribution in [0.15, 0.2) is 4.99 Å². The number of hydrogen-bond donors (Lipinski definition) is 2. The zero-order valence-corrected chi connectivity index (χ0v) is 16.7. The Kier molecular flexibility index (Phi) is 12.5. The molecule has 0 amide bonds. The maximum atomic E-state index is 4.31. The van der Waals surface area contributed by atoms with Gasteiger partial charge < -0.3 is 10.6 Å². The highest BCUT2D eigenvalue weighted by atomic mass is 127. The highest BCUT2D eigenvalue weighted by Gasteiger charge is 2.27. The molecule has 1 saturated heterocycles. The Morgan fingerprint density at radius 2 is 1.71 bits per heavy atom. The van der Waals surface area contributed by atoms with Gasteiger partial charge in [0.2, 0.25) is 0 Å². The van der Waals surface area contributed by atoms with Crippen molar-refractivity contribution in [2.45, 2.75) is 58.9 Å². The van der Waals surface area contributed by atoms with Crippen molar-refractivity contribution in [3.8, 4) is 0 Å². The molecule has 1 unspecified atom stereocenters. The summed E-state index contributed by atoms with van der Waals surface area (Å²) in [6.45, 7) is 11.3. The number of rotatable bonds is 8. The number of halogens is 1. The third-order valence-corrected chi connectivity index (χ3v) is 4.45. The molecule has 1 atom stereocenters. The van der Waals surface area contributed by atoms with Gasteiger partial charge >= 0.3 is 0 Å². The summed E-state index contributed by atoms with van der Waals surface area (Å²) in [5.41, 5.74) is 0. The van der Waals surface area contributed by atoms with Crippen molar-refractivity contribution in [3.05, 3.63) is 0 Å². The molecule has 0 aliphatic carbocycles. The molecule has 0 saturated carbocycles. The smallest absolute Gasteiger partial charge is 0.191 e. The average Bonchev–Trinajstić information content (AvgIpc) is 3.00. The quantitative estimate of drug-likeness (QED) is 0.367. The maximum absolute atomic E-state index is 4.31. The lowest BCUT2D eigenvalue weighted by Crippen LogP contribution is -2.49. The molecule has 5 heteroatoms. The predicted octanol–water partition coefficient (Wildman–Crippen LogP) is 3.08. The molecule has 1 aliphatic heterocycles. The zero-order valence-electron chi connectivity index (χ0n) is 14.3. The molecule has 1 rings (SSSR count). The van der Waals surface area contributed by atoms with E-state index < -0.39 is 0 Å². The van der Waals surface area contributed by atoms with Crippen LogP contribution >= 0.6 is 24.0 Å². The van der Waals surface area contributed by atoms with Crippen LogP contribution in [0.4, 0.5) is 0 Å². The molecule has 0 bridgehead atoms. The Morgan fingerprint density at radius 3 is 2.19 bits per heavy atom. The Labute approximate surface area is 148 Å². The first kappa shape index (κ1) is 21.0. The monoisotopic (exact) mass is 410 g/mol. The second-order valence-electron chi connectivity index (χ2n) is 5.77. The van der Waals surface area contributed by atoms with Gasteiger partial charge in [-0.05, 0) is 38.3 Å². The van der Waals surface area contributed by atoms with Gasteiger partial charge in [0.1, 0.15) is 0 Å². The molecule has 1 heterocycles. The van der Waals surface area contributed by atoms with E-state index in [9.17, 15) is 0 Å². The molecule has 0 aromatic rings. The maximum Gasteiger partial charge on any atom is 0.191 e.